The van der Waals surface area contributed by atoms with Crippen molar-refractivity contribution in [2.75, 3.05) is 45.2 Å². The summed E-state index contributed by atoms with van der Waals surface area (Å²) < 4.78 is 6.56. The molecule has 1 aromatic rings. The van der Waals surface area contributed by atoms with Gasteiger partial charge in [-0.2, -0.15) is 0 Å². The van der Waals surface area contributed by atoms with Crippen LogP contribution in [0, 0.1) is 4.64 Å². The largest absolute Gasteiger partial charge is 0.378 e. The van der Waals surface area contributed by atoms with Gasteiger partial charge in [-0.25, -0.2) is 4.98 Å². The summed E-state index contributed by atoms with van der Waals surface area (Å²) in [5, 5.41) is 0. The van der Waals surface area contributed by atoms with Gasteiger partial charge in [0, 0.05) is 33.3 Å². The molecule has 1 saturated heterocycles. The fraction of sp³-hybridized carbons (Fsp3) is 0.636. The zero-order valence-corrected chi connectivity index (χ0v) is 13.0. The number of piperazine rings is 1. The highest BCUT2D eigenvalue weighted by atomic mass is 79.9. The lowest BCUT2D eigenvalue weighted by Crippen LogP contribution is -2.45. The van der Waals surface area contributed by atoms with Crippen LogP contribution in [-0.2, 0) is 11.3 Å². The van der Waals surface area contributed by atoms with E-state index >= 15 is 0 Å². The molecule has 0 spiro atoms. The van der Waals surface area contributed by atoms with E-state index in [0.717, 1.165) is 42.3 Å². The molecule has 2 rings (SSSR count). The van der Waals surface area contributed by atoms with E-state index < -0.39 is 0 Å². The van der Waals surface area contributed by atoms with Crippen molar-refractivity contribution in [1.82, 2.24) is 14.9 Å². The molecule has 0 aliphatic carbocycles. The first kappa shape index (κ1) is 13.9. The minimum absolute atomic E-state index is 0.494. The van der Waals surface area contributed by atoms with Crippen LogP contribution in [0.3, 0.4) is 0 Å². The number of aromatic amines is 1. The predicted molar refractivity (Wildman–Crippen MR) is 77.5 cm³/mol. The van der Waals surface area contributed by atoms with Crippen LogP contribution in [-0.4, -0.2) is 55.2 Å². The van der Waals surface area contributed by atoms with Crippen LogP contribution >= 0.6 is 28.1 Å². The number of methoxy groups -OCH3 is 1. The zero-order chi connectivity index (χ0) is 13.1. The van der Waals surface area contributed by atoms with E-state index in [1.165, 1.54) is 0 Å². The minimum Gasteiger partial charge on any atom is -0.378 e. The Morgan fingerprint density at radius 1 is 1.39 bits per heavy atom. The van der Waals surface area contributed by atoms with Crippen LogP contribution in [0.1, 0.15) is 5.69 Å². The van der Waals surface area contributed by atoms with Gasteiger partial charge < -0.3 is 19.5 Å². The Bertz CT molecular complexity index is 471. The highest BCUT2D eigenvalue weighted by Crippen LogP contribution is 2.20. The predicted octanol–water partition coefficient (Wildman–Crippen LogP) is 1.80. The first-order valence-corrected chi connectivity index (χ1v) is 7.03. The molecular formula is C11H17BrN4OS. The van der Waals surface area contributed by atoms with Crippen molar-refractivity contribution < 1.29 is 4.74 Å². The van der Waals surface area contributed by atoms with Crippen molar-refractivity contribution in [3.05, 3.63) is 14.8 Å². The summed E-state index contributed by atoms with van der Waals surface area (Å²) in [7, 11) is 3.80. The molecule has 0 unspecified atom stereocenters. The fourth-order valence-corrected chi connectivity index (χ4v) is 2.42. The number of aromatic nitrogens is 2. The number of anilines is 1. The Labute approximate surface area is 120 Å². The number of nitrogens with one attached hydrogen (secondary N) is 1. The number of rotatable bonds is 3. The number of ether oxygens (including phenoxy) is 1. The molecule has 0 radical (unpaired) electrons. The number of nitrogens with zero attached hydrogens (tertiary/aromatic N) is 3. The lowest BCUT2D eigenvalue weighted by atomic mass is 10.3. The lowest BCUT2D eigenvalue weighted by molar-refractivity contribution is 0.180. The first-order chi connectivity index (χ1) is 8.61. The number of hydrogen-bond donors (Lipinski definition) is 1. The van der Waals surface area contributed by atoms with Gasteiger partial charge >= 0.3 is 0 Å². The summed E-state index contributed by atoms with van der Waals surface area (Å²) in [6, 6.07) is 0. The molecule has 5 nitrogen and oxygen atoms in total. The summed E-state index contributed by atoms with van der Waals surface area (Å²) in [5.74, 6) is 0.836. The van der Waals surface area contributed by atoms with E-state index in [1.807, 2.05) is 0 Å². The van der Waals surface area contributed by atoms with Crippen LogP contribution in [0.15, 0.2) is 4.47 Å². The van der Waals surface area contributed by atoms with E-state index in [4.69, 9.17) is 17.0 Å². The summed E-state index contributed by atoms with van der Waals surface area (Å²) in [5.41, 5.74) is 0.937. The third-order valence-corrected chi connectivity index (χ3v) is 4.43. The third-order valence-electron chi connectivity index (χ3n) is 3.01. The average molecular weight is 333 g/mol. The van der Waals surface area contributed by atoms with E-state index in [0.29, 0.717) is 11.2 Å². The minimum atomic E-state index is 0.494. The molecule has 0 aromatic carbocycles. The van der Waals surface area contributed by atoms with Gasteiger partial charge in [-0.05, 0) is 23.0 Å². The Balaban J connectivity index is 2.25. The summed E-state index contributed by atoms with van der Waals surface area (Å²) in [6.45, 7) is 4.50. The molecule has 0 saturated carbocycles. The Morgan fingerprint density at radius 3 is 2.67 bits per heavy atom. The van der Waals surface area contributed by atoms with E-state index in [2.05, 4.69) is 42.7 Å². The molecular weight excluding hydrogens is 316 g/mol. The van der Waals surface area contributed by atoms with Crippen molar-refractivity contribution in [1.29, 1.82) is 0 Å². The van der Waals surface area contributed by atoms with Gasteiger partial charge in [-0.1, -0.05) is 12.2 Å². The van der Waals surface area contributed by atoms with E-state index in [1.54, 1.807) is 7.11 Å². The summed E-state index contributed by atoms with van der Waals surface area (Å²) in [4.78, 5) is 12.3. The monoisotopic (exact) mass is 332 g/mol. The Hall–Kier alpha value is -0.500. The smallest absolute Gasteiger partial charge is 0.204 e. The molecule has 0 atom stereocenters. The normalized spacial score (nSPS) is 17.2. The van der Waals surface area contributed by atoms with Crippen LogP contribution in [0.5, 0.6) is 0 Å². The first-order valence-electron chi connectivity index (χ1n) is 5.83. The van der Waals surface area contributed by atoms with Crippen molar-refractivity contribution in [2.45, 2.75) is 6.61 Å². The van der Waals surface area contributed by atoms with E-state index in [9.17, 15) is 0 Å². The van der Waals surface area contributed by atoms with Gasteiger partial charge in [0.2, 0.25) is 5.95 Å². The fourth-order valence-electron chi connectivity index (χ4n) is 1.90. The van der Waals surface area contributed by atoms with Crippen LogP contribution in [0.4, 0.5) is 5.95 Å². The van der Waals surface area contributed by atoms with Crippen LogP contribution < -0.4 is 4.90 Å². The van der Waals surface area contributed by atoms with Gasteiger partial charge in [0.15, 0.2) is 0 Å². The van der Waals surface area contributed by atoms with Gasteiger partial charge in [0.1, 0.15) is 4.64 Å². The highest BCUT2D eigenvalue weighted by Gasteiger charge is 2.17. The molecule has 1 fully saturated rings. The number of H-pyrrole nitrogens is 1. The van der Waals surface area contributed by atoms with Gasteiger partial charge in [-0.15, -0.1) is 0 Å². The van der Waals surface area contributed by atoms with Gasteiger partial charge in [0.05, 0.1) is 16.8 Å². The molecule has 0 bridgehead atoms. The molecule has 1 aliphatic heterocycles. The molecule has 0 amide bonds. The second-order valence-electron chi connectivity index (χ2n) is 4.38. The van der Waals surface area contributed by atoms with Crippen molar-refractivity contribution >= 4 is 34.1 Å². The second-order valence-corrected chi connectivity index (χ2v) is 5.56. The summed E-state index contributed by atoms with van der Waals surface area (Å²) >= 11 is 8.71. The van der Waals surface area contributed by atoms with Gasteiger partial charge in [-0.3, -0.25) is 0 Å². The van der Waals surface area contributed by atoms with Crippen molar-refractivity contribution in [2.24, 2.45) is 0 Å². The average Bonchev–Trinajstić information content (AvgIpc) is 2.36. The number of hydrogen-bond acceptors (Lipinski definition) is 5. The maximum atomic E-state index is 5.26. The molecule has 1 aliphatic rings. The van der Waals surface area contributed by atoms with Crippen molar-refractivity contribution in [3.8, 4) is 0 Å². The van der Waals surface area contributed by atoms with Crippen LogP contribution in [0.2, 0.25) is 0 Å². The zero-order valence-electron chi connectivity index (χ0n) is 10.6. The number of likely N-dealkylation sites (N-methyl/N-ethyl adjacent to an activating group) is 1. The van der Waals surface area contributed by atoms with E-state index in [-0.39, 0.29) is 0 Å². The van der Waals surface area contributed by atoms with Gasteiger partial charge in [0.25, 0.3) is 0 Å². The maximum Gasteiger partial charge on any atom is 0.204 e. The Kier molecular flexibility index (Phi) is 4.71. The maximum absolute atomic E-state index is 5.26. The molecule has 1 aromatic heterocycles. The third kappa shape index (κ3) is 3.09. The molecule has 1 N–H and O–H groups in total. The molecule has 7 heteroatoms. The topological polar surface area (TPSA) is 44.4 Å². The van der Waals surface area contributed by atoms with Crippen molar-refractivity contribution in [3.63, 3.8) is 0 Å². The second kappa shape index (κ2) is 6.10. The summed E-state index contributed by atoms with van der Waals surface area (Å²) in [6.07, 6.45) is 0. The lowest BCUT2D eigenvalue weighted by Gasteiger charge is -2.33. The molecule has 18 heavy (non-hydrogen) atoms. The molecule has 2 heterocycles. The Morgan fingerprint density at radius 2 is 2.06 bits per heavy atom. The highest BCUT2D eigenvalue weighted by molar-refractivity contribution is 9.10. The standard InChI is InChI=1S/C11H17BrN4OS/c1-15-3-5-16(6-4-15)11-13-8(7-17-2)9(12)10(18)14-11/h3-7H2,1-2H3,(H,13,14,18). The quantitative estimate of drug-likeness (QED) is 0.855. The number of halogens is 1. The SMILES string of the molecule is COCc1[nH]c(N2CCN(C)CC2)nc(=S)c1Br. The molecule has 100 valence electrons. The van der Waals surface area contributed by atoms with Crippen LogP contribution in [0.25, 0.3) is 0 Å².